The van der Waals surface area contributed by atoms with Crippen LogP contribution in [0.25, 0.3) is 0 Å². The van der Waals surface area contributed by atoms with Crippen molar-refractivity contribution in [3.63, 3.8) is 0 Å². The van der Waals surface area contributed by atoms with Gasteiger partial charge in [0.15, 0.2) is 0 Å². The van der Waals surface area contributed by atoms with E-state index in [1.807, 2.05) is 37.3 Å². The molecule has 0 aliphatic rings. The van der Waals surface area contributed by atoms with Gasteiger partial charge >= 0.3 is 0 Å². The number of nitrogens with one attached hydrogen (secondary N) is 1. The summed E-state index contributed by atoms with van der Waals surface area (Å²) in [5.74, 6) is 0.0420. The van der Waals surface area contributed by atoms with Gasteiger partial charge in [0.1, 0.15) is 5.75 Å². The first-order valence-electron chi connectivity index (χ1n) is 7.71. The van der Waals surface area contributed by atoms with Crippen molar-refractivity contribution >= 4 is 21.6 Å². The Morgan fingerprint density at radius 1 is 1.16 bits per heavy atom. The summed E-state index contributed by atoms with van der Waals surface area (Å²) in [4.78, 5) is 12.7. The first-order valence-corrected chi connectivity index (χ1v) is 9.56. The molecule has 134 valence electrons. The molecular weight excluding hydrogens is 340 g/mol. The highest BCUT2D eigenvalue weighted by Crippen LogP contribution is 2.26. The number of carbonyl (C=O) groups excluding carboxylic acids is 1. The van der Waals surface area contributed by atoms with Crippen molar-refractivity contribution in [2.24, 2.45) is 0 Å². The molecule has 1 amide bonds. The van der Waals surface area contributed by atoms with Crippen LogP contribution in [0.3, 0.4) is 0 Å². The molecule has 6 nitrogen and oxygen atoms in total. The summed E-state index contributed by atoms with van der Waals surface area (Å²) in [5.41, 5.74) is 1.64. The van der Waals surface area contributed by atoms with Crippen LogP contribution in [0, 0.1) is 0 Å². The molecule has 2 rings (SSSR count). The summed E-state index contributed by atoms with van der Waals surface area (Å²) < 4.78 is 29.8. The van der Waals surface area contributed by atoms with Gasteiger partial charge < -0.3 is 10.1 Å². The Kier molecular flexibility index (Phi) is 5.69. The van der Waals surface area contributed by atoms with Crippen LogP contribution in [-0.2, 0) is 10.0 Å². The summed E-state index contributed by atoms with van der Waals surface area (Å²) in [6.45, 7) is 1.88. The van der Waals surface area contributed by atoms with Crippen molar-refractivity contribution in [1.29, 1.82) is 0 Å². The maximum atomic E-state index is 12.7. The molecule has 1 atom stereocenters. The highest BCUT2D eigenvalue weighted by atomic mass is 32.2. The van der Waals surface area contributed by atoms with Gasteiger partial charge in [-0.15, -0.1) is 0 Å². The zero-order valence-electron chi connectivity index (χ0n) is 14.7. The van der Waals surface area contributed by atoms with Gasteiger partial charge in [0.05, 0.1) is 30.7 Å². The van der Waals surface area contributed by atoms with Gasteiger partial charge in [-0.05, 0) is 30.7 Å². The molecule has 0 saturated heterocycles. The Morgan fingerprint density at radius 2 is 1.80 bits per heavy atom. The summed E-state index contributed by atoms with van der Waals surface area (Å²) >= 11 is 0. The lowest BCUT2D eigenvalue weighted by atomic mass is 10.1. The third-order valence-electron chi connectivity index (χ3n) is 3.94. The van der Waals surface area contributed by atoms with E-state index in [1.165, 1.54) is 20.2 Å². The Hall–Kier alpha value is -2.54. The van der Waals surface area contributed by atoms with Crippen molar-refractivity contribution in [2.45, 2.75) is 13.0 Å². The van der Waals surface area contributed by atoms with E-state index in [-0.39, 0.29) is 17.5 Å². The lowest BCUT2D eigenvalue weighted by Crippen LogP contribution is -2.28. The van der Waals surface area contributed by atoms with E-state index in [0.717, 1.165) is 16.1 Å². The van der Waals surface area contributed by atoms with Crippen LogP contribution in [0.15, 0.2) is 48.5 Å². The van der Waals surface area contributed by atoms with E-state index in [2.05, 4.69) is 5.32 Å². The van der Waals surface area contributed by atoms with Crippen molar-refractivity contribution in [1.82, 2.24) is 5.32 Å². The Balaban J connectivity index is 2.31. The van der Waals surface area contributed by atoms with E-state index in [0.29, 0.717) is 11.4 Å². The zero-order chi connectivity index (χ0) is 18.6. The first-order chi connectivity index (χ1) is 11.7. The Labute approximate surface area is 148 Å². The van der Waals surface area contributed by atoms with E-state index in [1.54, 1.807) is 12.1 Å². The molecule has 2 aromatic rings. The Morgan fingerprint density at radius 3 is 2.36 bits per heavy atom. The molecule has 0 aliphatic heterocycles. The standard InChI is InChI=1S/C18H22N2O4S/c1-13(14-8-6-5-7-9-14)19-18(21)16-12-15(10-11-17(16)24-3)20(2)25(4,22)23/h5-13H,1-4H3,(H,19,21)/t13-/m1/s1. The van der Waals surface area contributed by atoms with Crippen LogP contribution in [-0.4, -0.2) is 34.7 Å². The number of carbonyl (C=O) groups is 1. The average Bonchev–Trinajstić information content (AvgIpc) is 2.60. The predicted molar refractivity (Wildman–Crippen MR) is 98.6 cm³/mol. The van der Waals surface area contributed by atoms with Gasteiger partial charge in [0.2, 0.25) is 10.0 Å². The molecule has 0 bridgehead atoms. The fraction of sp³-hybridized carbons (Fsp3) is 0.278. The second-order valence-electron chi connectivity index (χ2n) is 5.72. The number of rotatable bonds is 6. The number of sulfonamides is 1. The van der Waals surface area contributed by atoms with Crippen molar-refractivity contribution in [2.75, 3.05) is 24.7 Å². The maximum Gasteiger partial charge on any atom is 0.255 e. The lowest BCUT2D eigenvalue weighted by Gasteiger charge is -2.20. The molecule has 25 heavy (non-hydrogen) atoms. The minimum atomic E-state index is -3.42. The SMILES string of the molecule is COc1ccc(N(C)S(C)(=O)=O)cc1C(=O)N[C@H](C)c1ccccc1. The zero-order valence-corrected chi connectivity index (χ0v) is 15.5. The van der Waals surface area contributed by atoms with E-state index in [9.17, 15) is 13.2 Å². The van der Waals surface area contributed by atoms with Gasteiger partial charge in [0, 0.05) is 7.05 Å². The molecule has 0 heterocycles. The molecule has 0 unspecified atom stereocenters. The monoisotopic (exact) mass is 362 g/mol. The fourth-order valence-electron chi connectivity index (χ4n) is 2.36. The van der Waals surface area contributed by atoms with Gasteiger partial charge in [-0.2, -0.15) is 0 Å². The van der Waals surface area contributed by atoms with Crippen molar-refractivity contribution in [3.05, 3.63) is 59.7 Å². The predicted octanol–water partition coefficient (Wildman–Crippen LogP) is 2.58. The van der Waals surface area contributed by atoms with Crippen LogP contribution >= 0.6 is 0 Å². The molecule has 7 heteroatoms. The van der Waals surface area contributed by atoms with Crippen LogP contribution in [0.4, 0.5) is 5.69 Å². The Bertz CT molecular complexity index is 851. The number of methoxy groups -OCH3 is 1. The number of anilines is 1. The minimum absolute atomic E-state index is 0.199. The molecule has 0 aliphatic carbocycles. The minimum Gasteiger partial charge on any atom is -0.496 e. The van der Waals surface area contributed by atoms with E-state index < -0.39 is 10.0 Å². The van der Waals surface area contributed by atoms with Gasteiger partial charge in [-0.3, -0.25) is 9.10 Å². The quantitative estimate of drug-likeness (QED) is 0.857. The number of nitrogens with zero attached hydrogens (tertiary/aromatic N) is 1. The second-order valence-corrected chi connectivity index (χ2v) is 7.73. The summed E-state index contributed by atoms with van der Waals surface area (Å²) in [6.07, 6.45) is 1.11. The number of ether oxygens (including phenoxy) is 1. The summed E-state index contributed by atoms with van der Waals surface area (Å²) in [6, 6.07) is 14.1. The second kappa shape index (κ2) is 7.57. The van der Waals surface area contributed by atoms with Crippen LogP contribution in [0.1, 0.15) is 28.9 Å². The van der Waals surface area contributed by atoms with Crippen LogP contribution < -0.4 is 14.4 Å². The smallest absolute Gasteiger partial charge is 0.255 e. The molecule has 2 aromatic carbocycles. The fourth-order valence-corrected chi connectivity index (χ4v) is 2.86. The normalized spacial score (nSPS) is 12.3. The lowest BCUT2D eigenvalue weighted by molar-refractivity contribution is 0.0937. The van der Waals surface area contributed by atoms with Crippen LogP contribution in [0.5, 0.6) is 5.75 Å². The van der Waals surface area contributed by atoms with E-state index in [4.69, 9.17) is 4.74 Å². The van der Waals surface area contributed by atoms with Crippen molar-refractivity contribution in [3.8, 4) is 5.75 Å². The molecule has 0 saturated carbocycles. The highest BCUT2D eigenvalue weighted by molar-refractivity contribution is 7.92. The molecular formula is C18H22N2O4S. The van der Waals surface area contributed by atoms with Gasteiger partial charge in [-0.25, -0.2) is 8.42 Å². The molecule has 0 radical (unpaired) electrons. The molecule has 1 N–H and O–H groups in total. The first kappa shape index (κ1) is 18.8. The highest BCUT2D eigenvalue weighted by Gasteiger charge is 2.19. The van der Waals surface area contributed by atoms with Gasteiger partial charge in [-0.1, -0.05) is 30.3 Å². The third kappa shape index (κ3) is 4.51. The molecule has 0 aromatic heterocycles. The summed E-state index contributed by atoms with van der Waals surface area (Å²) in [7, 11) is -0.522. The third-order valence-corrected chi connectivity index (χ3v) is 5.14. The van der Waals surface area contributed by atoms with Crippen molar-refractivity contribution < 1.29 is 17.9 Å². The van der Waals surface area contributed by atoms with Crippen LogP contribution in [0.2, 0.25) is 0 Å². The summed E-state index contributed by atoms with van der Waals surface area (Å²) in [5, 5.41) is 2.91. The molecule has 0 spiro atoms. The number of hydrogen-bond donors (Lipinski definition) is 1. The largest absolute Gasteiger partial charge is 0.496 e. The number of benzene rings is 2. The van der Waals surface area contributed by atoms with E-state index >= 15 is 0 Å². The topological polar surface area (TPSA) is 75.7 Å². The number of amides is 1. The number of hydrogen-bond acceptors (Lipinski definition) is 4. The molecule has 0 fully saturated rings. The maximum absolute atomic E-state index is 12.7. The van der Waals surface area contributed by atoms with Gasteiger partial charge in [0.25, 0.3) is 5.91 Å². The average molecular weight is 362 g/mol.